The van der Waals surface area contributed by atoms with E-state index in [2.05, 4.69) is 26.8 Å². The zero-order valence-corrected chi connectivity index (χ0v) is 18.6. The van der Waals surface area contributed by atoms with Crippen molar-refractivity contribution in [3.05, 3.63) is 35.1 Å². The fraction of sp³-hybridized carbons (Fsp3) is 0.478. The van der Waals surface area contributed by atoms with Crippen LogP contribution in [0, 0.1) is 23.2 Å². The third-order valence-corrected chi connectivity index (χ3v) is 6.26. The molecule has 0 unspecified atom stereocenters. The maximum Gasteiger partial charge on any atom is 0.234 e. The van der Waals surface area contributed by atoms with Gasteiger partial charge in [0, 0.05) is 23.2 Å². The lowest BCUT2D eigenvalue weighted by molar-refractivity contribution is 0.265. The number of hydrogen-bond donors (Lipinski definition) is 2. The number of nitriles is 1. The molecule has 4 rings (SSSR count). The van der Waals surface area contributed by atoms with Gasteiger partial charge in [0.1, 0.15) is 17.3 Å². The molecule has 31 heavy (non-hydrogen) atoms. The summed E-state index contributed by atoms with van der Waals surface area (Å²) < 4.78 is 2.12. The zero-order chi connectivity index (χ0) is 22.0. The summed E-state index contributed by atoms with van der Waals surface area (Å²) in [5.41, 5.74) is 2.72. The molecule has 0 radical (unpaired) electrons. The minimum atomic E-state index is -0.167. The van der Waals surface area contributed by atoms with Crippen molar-refractivity contribution in [3.63, 3.8) is 0 Å². The number of aliphatic hydroxyl groups excluding tert-OH is 1. The molecule has 2 heterocycles. The molecule has 3 aromatic rings. The second kappa shape index (κ2) is 9.21. The Kier molecular flexibility index (Phi) is 6.40. The number of hydrogen-bond acceptors (Lipinski definition) is 6. The van der Waals surface area contributed by atoms with E-state index in [1.54, 1.807) is 0 Å². The molecule has 7 nitrogen and oxygen atoms in total. The highest BCUT2D eigenvalue weighted by atomic mass is 35.5. The summed E-state index contributed by atoms with van der Waals surface area (Å²) in [6.07, 6.45) is 4.78. The molecule has 1 saturated carbocycles. The Morgan fingerprint density at radius 2 is 2.03 bits per heavy atom. The number of imidazole rings is 1. The Morgan fingerprint density at radius 3 is 2.71 bits per heavy atom. The number of aromatic nitrogens is 4. The van der Waals surface area contributed by atoms with Gasteiger partial charge in [-0.25, -0.2) is 4.98 Å². The van der Waals surface area contributed by atoms with Crippen LogP contribution < -0.4 is 5.32 Å². The number of benzene rings is 1. The Morgan fingerprint density at radius 1 is 1.26 bits per heavy atom. The van der Waals surface area contributed by atoms with E-state index in [9.17, 15) is 10.4 Å². The Bertz CT molecular complexity index is 1110. The molecule has 1 aromatic carbocycles. The first-order valence-electron chi connectivity index (χ1n) is 10.8. The fourth-order valence-electron chi connectivity index (χ4n) is 4.25. The van der Waals surface area contributed by atoms with Crippen LogP contribution in [0.5, 0.6) is 0 Å². The average molecular weight is 439 g/mol. The molecule has 0 bridgehead atoms. The normalized spacial score (nSPS) is 19.8. The molecule has 2 aromatic heterocycles. The summed E-state index contributed by atoms with van der Waals surface area (Å²) in [5.74, 6) is 2.01. The highest BCUT2D eigenvalue weighted by Gasteiger charge is 2.25. The van der Waals surface area contributed by atoms with Crippen molar-refractivity contribution in [1.29, 1.82) is 5.26 Å². The largest absolute Gasteiger partial charge is 0.394 e. The van der Waals surface area contributed by atoms with Gasteiger partial charge in [0.25, 0.3) is 0 Å². The van der Waals surface area contributed by atoms with Gasteiger partial charge in [-0.3, -0.25) is 0 Å². The molecule has 1 aliphatic carbocycles. The first kappa shape index (κ1) is 21.5. The molecule has 1 fully saturated rings. The van der Waals surface area contributed by atoms with Crippen LogP contribution in [0.25, 0.3) is 22.4 Å². The molecular formula is C23H27ClN6O. The Balaban J connectivity index is 1.88. The van der Waals surface area contributed by atoms with Crippen LogP contribution in [0.1, 0.15) is 45.4 Å². The maximum atomic E-state index is 9.57. The van der Waals surface area contributed by atoms with Gasteiger partial charge in [0.05, 0.1) is 6.61 Å². The lowest BCUT2D eigenvalue weighted by Crippen LogP contribution is -2.24. The molecular weight excluding hydrogens is 412 g/mol. The second-order valence-corrected chi connectivity index (χ2v) is 9.03. The van der Waals surface area contributed by atoms with Gasteiger partial charge in [-0.1, -0.05) is 43.5 Å². The van der Waals surface area contributed by atoms with Crippen molar-refractivity contribution in [2.75, 3.05) is 11.9 Å². The number of nitrogens with zero attached hydrogens (tertiary/aromatic N) is 5. The molecule has 0 aliphatic heterocycles. The van der Waals surface area contributed by atoms with Crippen molar-refractivity contribution < 1.29 is 5.11 Å². The summed E-state index contributed by atoms with van der Waals surface area (Å²) in [4.78, 5) is 13.6. The van der Waals surface area contributed by atoms with Gasteiger partial charge in [-0.05, 0) is 43.7 Å². The second-order valence-electron chi connectivity index (χ2n) is 8.59. The van der Waals surface area contributed by atoms with Crippen LogP contribution in [-0.2, 0) is 6.54 Å². The minimum Gasteiger partial charge on any atom is -0.394 e. The standard InChI is InChI=1S/C23H27ClN6O/c1-14-6-8-16(9-7-14)12-30-21-20(17-4-3-5-18(24)10-17)27-19(11-25)28-22(21)29-23(30)26-15(2)13-31/h3-5,10,14-16,31H,6-9,12-13H2,1-2H3,(H,26,27,28,29)/t14-,15-,16-/m1/s1. The fourth-order valence-corrected chi connectivity index (χ4v) is 4.44. The molecule has 0 spiro atoms. The van der Waals surface area contributed by atoms with Gasteiger partial charge in [-0.2, -0.15) is 15.2 Å². The summed E-state index contributed by atoms with van der Waals surface area (Å²) in [5, 5.41) is 23.0. The number of rotatable bonds is 6. The average Bonchev–Trinajstić information content (AvgIpc) is 3.11. The van der Waals surface area contributed by atoms with E-state index in [4.69, 9.17) is 16.6 Å². The number of fused-ring (bicyclic) bond motifs is 1. The van der Waals surface area contributed by atoms with Crippen LogP contribution in [0.15, 0.2) is 24.3 Å². The van der Waals surface area contributed by atoms with Crippen molar-refractivity contribution in [2.24, 2.45) is 11.8 Å². The smallest absolute Gasteiger partial charge is 0.234 e. The first-order chi connectivity index (χ1) is 15.0. The molecule has 0 amide bonds. The maximum absolute atomic E-state index is 9.57. The predicted molar refractivity (Wildman–Crippen MR) is 122 cm³/mol. The van der Waals surface area contributed by atoms with Gasteiger partial charge < -0.3 is 15.0 Å². The van der Waals surface area contributed by atoms with Crippen LogP contribution in [0.2, 0.25) is 5.02 Å². The Labute approximate surface area is 187 Å². The number of anilines is 1. The van der Waals surface area contributed by atoms with E-state index >= 15 is 0 Å². The van der Waals surface area contributed by atoms with Crippen molar-refractivity contribution >= 4 is 28.7 Å². The van der Waals surface area contributed by atoms with Gasteiger partial charge >= 0.3 is 0 Å². The van der Waals surface area contributed by atoms with Crippen LogP contribution in [-0.4, -0.2) is 37.3 Å². The Hall–Kier alpha value is -2.69. The first-order valence-corrected chi connectivity index (χ1v) is 11.2. The van der Waals surface area contributed by atoms with Crippen LogP contribution in [0.4, 0.5) is 5.95 Å². The number of nitrogens with one attached hydrogen (secondary N) is 1. The third-order valence-electron chi connectivity index (χ3n) is 6.03. The highest BCUT2D eigenvalue weighted by molar-refractivity contribution is 6.30. The van der Waals surface area contributed by atoms with E-state index in [-0.39, 0.29) is 18.5 Å². The summed E-state index contributed by atoms with van der Waals surface area (Å²) in [6.45, 7) is 4.98. The van der Waals surface area contributed by atoms with Crippen molar-refractivity contribution in [2.45, 2.75) is 52.1 Å². The van der Waals surface area contributed by atoms with E-state index in [0.29, 0.717) is 28.2 Å². The molecule has 1 atom stereocenters. The topological polar surface area (TPSA) is 99.7 Å². The third kappa shape index (κ3) is 4.65. The lowest BCUT2D eigenvalue weighted by atomic mass is 9.83. The van der Waals surface area contributed by atoms with Crippen molar-refractivity contribution in [3.8, 4) is 17.3 Å². The summed E-state index contributed by atoms with van der Waals surface area (Å²) in [7, 11) is 0. The monoisotopic (exact) mass is 438 g/mol. The van der Waals surface area contributed by atoms with Crippen LogP contribution in [0.3, 0.4) is 0 Å². The molecule has 1 aliphatic rings. The molecule has 0 saturated heterocycles. The van der Waals surface area contributed by atoms with Gasteiger partial charge in [-0.15, -0.1) is 0 Å². The predicted octanol–water partition coefficient (Wildman–Crippen LogP) is 4.64. The van der Waals surface area contributed by atoms with Gasteiger partial charge in [0.2, 0.25) is 11.8 Å². The van der Waals surface area contributed by atoms with Crippen LogP contribution >= 0.6 is 11.6 Å². The summed E-state index contributed by atoms with van der Waals surface area (Å²) in [6, 6.07) is 9.33. The zero-order valence-electron chi connectivity index (χ0n) is 17.8. The quantitative estimate of drug-likeness (QED) is 0.581. The highest BCUT2D eigenvalue weighted by Crippen LogP contribution is 2.34. The molecule has 8 heteroatoms. The molecule has 2 N–H and O–H groups in total. The van der Waals surface area contributed by atoms with Gasteiger partial charge in [0.15, 0.2) is 5.65 Å². The van der Waals surface area contributed by atoms with E-state index in [0.717, 1.165) is 23.5 Å². The van der Waals surface area contributed by atoms with E-state index in [1.165, 1.54) is 25.7 Å². The number of halogens is 1. The SMILES string of the molecule is C[C@H](CO)Nc1nc2nc(C#N)nc(-c3cccc(Cl)c3)c2n1C[C@H]1CC[C@H](C)CC1. The van der Waals surface area contributed by atoms with Crippen molar-refractivity contribution in [1.82, 2.24) is 19.5 Å². The van der Waals surface area contributed by atoms with E-state index < -0.39 is 0 Å². The lowest BCUT2D eigenvalue weighted by Gasteiger charge is -2.27. The minimum absolute atomic E-state index is 0.0135. The molecule has 162 valence electrons. The van der Waals surface area contributed by atoms with E-state index in [1.807, 2.05) is 37.3 Å². The number of aliphatic hydroxyl groups is 1. The summed E-state index contributed by atoms with van der Waals surface area (Å²) >= 11 is 6.25.